The van der Waals surface area contributed by atoms with Gasteiger partial charge in [-0.1, -0.05) is 23.2 Å². The Morgan fingerprint density at radius 1 is 1.16 bits per heavy atom. The largest absolute Gasteiger partial charge is 0.484 e. The second kappa shape index (κ2) is 7.17. The normalized spacial score (nSPS) is 10.7. The molecule has 0 aliphatic carbocycles. The molecule has 128 valence electrons. The molecule has 1 heterocycles. The van der Waals surface area contributed by atoms with Crippen molar-refractivity contribution in [3.63, 3.8) is 0 Å². The van der Waals surface area contributed by atoms with Crippen molar-refractivity contribution in [1.82, 2.24) is 0 Å². The van der Waals surface area contributed by atoms with Crippen LogP contribution < -0.4 is 15.7 Å². The summed E-state index contributed by atoms with van der Waals surface area (Å²) in [4.78, 5) is 23.4. The van der Waals surface area contributed by atoms with Crippen LogP contribution in [0.3, 0.4) is 0 Å². The number of hydrogen-bond acceptors (Lipinski definition) is 4. The van der Waals surface area contributed by atoms with Gasteiger partial charge in [-0.05, 0) is 42.8 Å². The predicted molar refractivity (Wildman–Crippen MR) is 97.8 cm³/mol. The van der Waals surface area contributed by atoms with Gasteiger partial charge in [0.15, 0.2) is 6.61 Å². The van der Waals surface area contributed by atoms with Gasteiger partial charge in [-0.25, -0.2) is 4.79 Å². The van der Waals surface area contributed by atoms with Crippen LogP contribution in [0.1, 0.15) is 5.56 Å². The Labute approximate surface area is 153 Å². The molecule has 1 amide bonds. The fraction of sp³-hybridized carbons (Fsp3) is 0.111. The highest BCUT2D eigenvalue weighted by Gasteiger charge is 2.09. The predicted octanol–water partition coefficient (Wildman–Crippen LogP) is 4.43. The number of benzene rings is 2. The van der Waals surface area contributed by atoms with E-state index in [-0.39, 0.29) is 12.5 Å². The maximum absolute atomic E-state index is 12.0. The van der Waals surface area contributed by atoms with Crippen molar-refractivity contribution in [2.75, 3.05) is 11.9 Å². The van der Waals surface area contributed by atoms with Gasteiger partial charge in [0.05, 0.1) is 10.7 Å². The molecule has 0 fully saturated rings. The summed E-state index contributed by atoms with van der Waals surface area (Å²) < 4.78 is 10.6. The minimum absolute atomic E-state index is 0.222. The lowest BCUT2D eigenvalue weighted by molar-refractivity contribution is -0.118. The Hall–Kier alpha value is -2.50. The zero-order chi connectivity index (χ0) is 18.0. The maximum atomic E-state index is 12.0. The number of amides is 1. The van der Waals surface area contributed by atoms with E-state index in [1.807, 2.05) is 6.92 Å². The van der Waals surface area contributed by atoms with Crippen molar-refractivity contribution in [3.05, 3.63) is 68.5 Å². The van der Waals surface area contributed by atoms with Crippen LogP contribution in [0.2, 0.25) is 10.0 Å². The summed E-state index contributed by atoms with van der Waals surface area (Å²) in [5.41, 5.74) is 1.23. The zero-order valence-corrected chi connectivity index (χ0v) is 14.6. The highest BCUT2D eigenvalue weighted by molar-refractivity contribution is 6.36. The van der Waals surface area contributed by atoms with Crippen molar-refractivity contribution in [2.45, 2.75) is 6.92 Å². The summed E-state index contributed by atoms with van der Waals surface area (Å²) in [7, 11) is 0. The van der Waals surface area contributed by atoms with E-state index in [4.69, 9.17) is 32.4 Å². The van der Waals surface area contributed by atoms with Gasteiger partial charge < -0.3 is 14.5 Å². The quantitative estimate of drug-likeness (QED) is 0.683. The molecule has 1 N–H and O–H groups in total. The highest BCUT2D eigenvalue weighted by Crippen LogP contribution is 2.25. The molecule has 0 aliphatic heterocycles. The van der Waals surface area contributed by atoms with Gasteiger partial charge in [0, 0.05) is 22.5 Å². The van der Waals surface area contributed by atoms with E-state index >= 15 is 0 Å². The summed E-state index contributed by atoms with van der Waals surface area (Å²) in [6.45, 7) is 1.60. The molecular formula is C18H13Cl2NO4. The van der Waals surface area contributed by atoms with Crippen molar-refractivity contribution in [2.24, 2.45) is 0 Å². The average Bonchev–Trinajstić information content (AvgIpc) is 2.55. The molecule has 7 heteroatoms. The Morgan fingerprint density at radius 2 is 1.96 bits per heavy atom. The number of aryl methyl sites for hydroxylation is 1. The summed E-state index contributed by atoms with van der Waals surface area (Å²) in [5.74, 6) is 0.0358. The van der Waals surface area contributed by atoms with Crippen molar-refractivity contribution < 1.29 is 13.9 Å². The van der Waals surface area contributed by atoms with Crippen molar-refractivity contribution in [3.8, 4) is 5.75 Å². The first-order valence-electron chi connectivity index (χ1n) is 7.34. The van der Waals surface area contributed by atoms with Gasteiger partial charge in [-0.15, -0.1) is 0 Å². The van der Waals surface area contributed by atoms with Crippen LogP contribution in [0.5, 0.6) is 5.75 Å². The van der Waals surface area contributed by atoms with Crippen molar-refractivity contribution in [1.29, 1.82) is 0 Å². The van der Waals surface area contributed by atoms with Crippen LogP contribution in [-0.2, 0) is 4.79 Å². The Balaban J connectivity index is 1.69. The smallest absolute Gasteiger partial charge is 0.336 e. The van der Waals surface area contributed by atoms with E-state index in [0.717, 1.165) is 10.9 Å². The molecule has 0 saturated carbocycles. The highest BCUT2D eigenvalue weighted by atomic mass is 35.5. The lowest BCUT2D eigenvalue weighted by atomic mass is 10.1. The van der Waals surface area contributed by atoms with Crippen LogP contribution >= 0.6 is 23.2 Å². The molecule has 0 radical (unpaired) electrons. The third-order valence-electron chi connectivity index (χ3n) is 3.50. The first-order chi connectivity index (χ1) is 11.9. The monoisotopic (exact) mass is 377 g/mol. The van der Waals surface area contributed by atoms with Crippen LogP contribution in [0.15, 0.2) is 51.7 Å². The van der Waals surface area contributed by atoms with E-state index in [0.29, 0.717) is 27.1 Å². The Kier molecular flexibility index (Phi) is 4.97. The van der Waals surface area contributed by atoms with Crippen LogP contribution in [0.25, 0.3) is 11.0 Å². The van der Waals surface area contributed by atoms with E-state index in [9.17, 15) is 9.59 Å². The third kappa shape index (κ3) is 4.13. The number of carbonyl (C=O) groups excluding carboxylic acids is 1. The topological polar surface area (TPSA) is 68.5 Å². The number of fused-ring (bicyclic) bond motifs is 1. The van der Waals surface area contributed by atoms with Crippen molar-refractivity contribution >= 4 is 45.8 Å². The molecule has 0 aliphatic rings. The molecule has 3 aromatic rings. The van der Waals surface area contributed by atoms with Gasteiger partial charge in [-0.2, -0.15) is 0 Å². The molecule has 0 saturated heterocycles. The number of anilines is 1. The number of rotatable bonds is 4. The van der Waals surface area contributed by atoms with E-state index in [1.54, 1.807) is 30.3 Å². The fourth-order valence-corrected chi connectivity index (χ4v) is 2.78. The van der Waals surface area contributed by atoms with Gasteiger partial charge in [0.25, 0.3) is 5.91 Å². The molecule has 25 heavy (non-hydrogen) atoms. The SMILES string of the molecule is Cc1cc(=O)oc2cc(OCC(=O)Nc3ccc(Cl)cc3Cl)ccc12. The van der Waals surface area contributed by atoms with Gasteiger partial charge in [-0.3, -0.25) is 4.79 Å². The second-order valence-corrected chi connectivity index (χ2v) is 6.21. The Morgan fingerprint density at radius 3 is 2.72 bits per heavy atom. The molecular weight excluding hydrogens is 365 g/mol. The number of nitrogens with one attached hydrogen (secondary N) is 1. The summed E-state index contributed by atoms with van der Waals surface area (Å²) >= 11 is 11.8. The molecule has 5 nitrogen and oxygen atoms in total. The molecule has 1 aromatic heterocycles. The van der Waals surface area contributed by atoms with E-state index < -0.39 is 5.63 Å². The average molecular weight is 378 g/mol. The summed E-state index contributed by atoms with van der Waals surface area (Å²) in [5, 5.41) is 4.26. The maximum Gasteiger partial charge on any atom is 0.336 e. The van der Waals surface area contributed by atoms with Gasteiger partial charge in [0.2, 0.25) is 0 Å². The molecule has 0 spiro atoms. The summed E-state index contributed by atoms with van der Waals surface area (Å²) in [6.07, 6.45) is 0. The molecule has 0 bridgehead atoms. The van der Waals surface area contributed by atoms with Crippen LogP contribution in [0.4, 0.5) is 5.69 Å². The third-order valence-corrected chi connectivity index (χ3v) is 4.05. The lowest BCUT2D eigenvalue weighted by Gasteiger charge is -2.09. The van der Waals surface area contributed by atoms with Gasteiger partial charge >= 0.3 is 5.63 Å². The standard InChI is InChI=1S/C18H13Cl2NO4/c1-10-6-18(23)25-16-8-12(3-4-13(10)16)24-9-17(22)21-15-5-2-11(19)7-14(15)20/h2-8H,9H2,1H3,(H,21,22). The number of halogens is 2. The minimum atomic E-state index is -0.433. The number of hydrogen-bond donors (Lipinski definition) is 1. The molecule has 0 atom stereocenters. The van der Waals surface area contributed by atoms with Crippen LogP contribution in [0, 0.1) is 6.92 Å². The Bertz CT molecular complexity index is 1010. The summed E-state index contributed by atoms with van der Waals surface area (Å²) in [6, 6.07) is 11.2. The van der Waals surface area contributed by atoms with Gasteiger partial charge in [0.1, 0.15) is 11.3 Å². The second-order valence-electron chi connectivity index (χ2n) is 5.37. The zero-order valence-electron chi connectivity index (χ0n) is 13.1. The van der Waals surface area contributed by atoms with Crippen LogP contribution in [-0.4, -0.2) is 12.5 Å². The minimum Gasteiger partial charge on any atom is -0.484 e. The van der Waals surface area contributed by atoms with E-state index in [2.05, 4.69) is 5.32 Å². The number of ether oxygens (including phenoxy) is 1. The van der Waals surface area contributed by atoms with E-state index in [1.165, 1.54) is 12.1 Å². The molecule has 0 unspecified atom stereocenters. The first kappa shape index (κ1) is 17.3. The molecule has 3 rings (SSSR count). The lowest BCUT2D eigenvalue weighted by Crippen LogP contribution is -2.20. The number of carbonyl (C=O) groups is 1. The first-order valence-corrected chi connectivity index (χ1v) is 8.10. The molecule has 2 aromatic carbocycles. The fourth-order valence-electron chi connectivity index (χ4n) is 2.32.